The molecule has 1 aliphatic heterocycles. The van der Waals surface area contributed by atoms with Gasteiger partial charge in [0.05, 0.1) is 0 Å². The smallest absolute Gasteiger partial charge is 0.0487 e. The lowest BCUT2D eigenvalue weighted by Crippen LogP contribution is -2.50. The van der Waals surface area contributed by atoms with Crippen LogP contribution >= 0.6 is 15.9 Å². The summed E-state index contributed by atoms with van der Waals surface area (Å²) < 4.78 is 1.02. The lowest BCUT2D eigenvalue weighted by molar-refractivity contribution is 0.0939. The first-order chi connectivity index (χ1) is 10.1. The summed E-state index contributed by atoms with van der Waals surface area (Å²) in [5, 5.41) is 0. The van der Waals surface area contributed by atoms with Gasteiger partial charge in [-0.3, -0.25) is 14.8 Å². The summed E-state index contributed by atoms with van der Waals surface area (Å²) in [6, 6.07) is 2.40. The molecule has 1 aromatic rings. The quantitative estimate of drug-likeness (QED) is 0.825. The number of hydrogen-bond acceptors (Lipinski definition) is 5. The number of nitrogens with two attached hydrogens (primary N) is 1. The summed E-state index contributed by atoms with van der Waals surface area (Å²) in [5.41, 5.74) is 7.22. The molecule has 5 nitrogen and oxygen atoms in total. The van der Waals surface area contributed by atoms with Crippen LogP contribution in [0.1, 0.15) is 11.6 Å². The van der Waals surface area contributed by atoms with E-state index in [0.717, 1.165) is 43.7 Å². The number of likely N-dealkylation sites (N-methyl/N-ethyl adjacent to an activating group) is 1. The molecule has 0 amide bonds. The molecule has 6 heteroatoms. The van der Waals surface area contributed by atoms with Crippen LogP contribution in [0.15, 0.2) is 22.9 Å². The molecule has 0 bridgehead atoms. The largest absolute Gasteiger partial charge is 0.329 e. The Bertz CT molecular complexity index is 432. The maximum Gasteiger partial charge on any atom is 0.0487 e. The van der Waals surface area contributed by atoms with Crippen LogP contribution in [0.3, 0.4) is 0 Å². The van der Waals surface area contributed by atoms with Gasteiger partial charge in [0.25, 0.3) is 0 Å². The normalized spacial score (nSPS) is 19.1. The second kappa shape index (κ2) is 8.19. The predicted molar refractivity (Wildman–Crippen MR) is 90.3 cm³/mol. The Morgan fingerprint density at radius 2 is 2.00 bits per heavy atom. The maximum atomic E-state index is 6.01. The van der Waals surface area contributed by atoms with Crippen LogP contribution < -0.4 is 5.73 Å². The van der Waals surface area contributed by atoms with Crippen LogP contribution in [0.2, 0.25) is 0 Å². The summed E-state index contributed by atoms with van der Waals surface area (Å²) in [5.74, 6) is 0. The number of pyridine rings is 1. The van der Waals surface area contributed by atoms with Gasteiger partial charge in [0.1, 0.15) is 0 Å². The highest BCUT2D eigenvalue weighted by atomic mass is 79.9. The Kier molecular flexibility index (Phi) is 6.57. The van der Waals surface area contributed by atoms with Crippen molar-refractivity contribution >= 4 is 15.9 Å². The molecule has 2 heterocycles. The van der Waals surface area contributed by atoms with E-state index in [-0.39, 0.29) is 6.04 Å². The van der Waals surface area contributed by atoms with Gasteiger partial charge in [-0.05, 0) is 41.7 Å². The Balaban J connectivity index is 1.90. The summed E-state index contributed by atoms with van der Waals surface area (Å²) in [7, 11) is 4.25. The van der Waals surface area contributed by atoms with Crippen molar-refractivity contribution in [2.24, 2.45) is 5.73 Å². The molecule has 0 aliphatic carbocycles. The highest BCUT2D eigenvalue weighted by molar-refractivity contribution is 9.10. The van der Waals surface area contributed by atoms with Gasteiger partial charge in [0.2, 0.25) is 0 Å². The minimum absolute atomic E-state index is 0.269. The van der Waals surface area contributed by atoms with Gasteiger partial charge in [-0.1, -0.05) is 0 Å². The number of halogens is 1. The van der Waals surface area contributed by atoms with Crippen LogP contribution in [0.5, 0.6) is 0 Å². The third kappa shape index (κ3) is 5.00. The van der Waals surface area contributed by atoms with E-state index in [0.29, 0.717) is 6.54 Å². The van der Waals surface area contributed by atoms with Gasteiger partial charge >= 0.3 is 0 Å². The van der Waals surface area contributed by atoms with Gasteiger partial charge in [0.15, 0.2) is 0 Å². The van der Waals surface area contributed by atoms with E-state index in [4.69, 9.17) is 5.73 Å². The Labute approximate surface area is 136 Å². The fourth-order valence-corrected chi connectivity index (χ4v) is 3.13. The van der Waals surface area contributed by atoms with E-state index in [1.807, 2.05) is 12.4 Å². The Morgan fingerprint density at radius 3 is 2.57 bits per heavy atom. The van der Waals surface area contributed by atoms with Crippen LogP contribution in [-0.2, 0) is 0 Å². The number of rotatable bonds is 6. The summed E-state index contributed by atoms with van der Waals surface area (Å²) in [6.45, 7) is 7.28. The minimum Gasteiger partial charge on any atom is -0.329 e. The van der Waals surface area contributed by atoms with Crippen molar-refractivity contribution in [2.45, 2.75) is 6.04 Å². The van der Waals surface area contributed by atoms with Crippen molar-refractivity contribution in [3.8, 4) is 0 Å². The van der Waals surface area contributed by atoms with E-state index < -0.39 is 0 Å². The molecule has 1 saturated heterocycles. The van der Waals surface area contributed by atoms with Crippen molar-refractivity contribution in [3.05, 3.63) is 28.5 Å². The fraction of sp³-hybridized carbons (Fsp3) is 0.667. The van der Waals surface area contributed by atoms with Crippen LogP contribution in [0.4, 0.5) is 0 Å². The van der Waals surface area contributed by atoms with E-state index in [1.54, 1.807) is 0 Å². The first-order valence-corrected chi connectivity index (χ1v) is 8.31. The Morgan fingerprint density at radius 1 is 1.29 bits per heavy atom. The average Bonchev–Trinajstić information content (AvgIpc) is 2.47. The predicted octanol–water partition coefficient (Wildman–Crippen LogP) is 1.02. The van der Waals surface area contributed by atoms with Crippen molar-refractivity contribution in [3.63, 3.8) is 0 Å². The molecule has 0 saturated carbocycles. The third-order valence-corrected chi connectivity index (χ3v) is 4.48. The van der Waals surface area contributed by atoms with Crippen LogP contribution in [0, 0.1) is 0 Å². The SMILES string of the molecule is CN(C)CCN1CCN(C(CN)c2cncc(Br)c2)CC1. The molecule has 0 radical (unpaired) electrons. The number of hydrogen-bond donors (Lipinski definition) is 1. The van der Waals surface area contributed by atoms with Crippen LogP contribution in [0.25, 0.3) is 0 Å². The zero-order valence-electron chi connectivity index (χ0n) is 13.0. The second-order valence-corrected chi connectivity index (χ2v) is 6.78. The molecule has 1 fully saturated rings. The molecular weight excluding hydrogens is 330 g/mol. The molecular formula is C15H26BrN5. The highest BCUT2D eigenvalue weighted by Gasteiger charge is 2.24. The molecule has 118 valence electrons. The van der Waals surface area contributed by atoms with Crippen molar-refractivity contribution in [2.75, 3.05) is 59.9 Å². The van der Waals surface area contributed by atoms with Crippen LogP contribution in [-0.4, -0.2) is 79.6 Å². The molecule has 21 heavy (non-hydrogen) atoms. The standard InChI is InChI=1S/C15H26BrN5/c1-19(2)3-4-20-5-7-21(8-6-20)15(10-17)13-9-14(16)12-18-11-13/h9,11-12,15H,3-8,10,17H2,1-2H3. The van der Waals surface area contributed by atoms with E-state index in [1.165, 1.54) is 5.56 Å². The van der Waals surface area contributed by atoms with Gasteiger partial charge in [0, 0.05) is 68.7 Å². The molecule has 1 aliphatic rings. The molecule has 2 rings (SSSR count). The lowest BCUT2D eigenvalue weighted by Gasteiger charge is -2.39. The monoisotopic (exact) mass is 355 g/mol. The lowest BCUT2D eigenvalue weighted by atomic mass is 10.1. The number of nitrogens with zero attached hydrogens (tertiary/aromatic N) is 4. The molecule has 2 N–H and O–H groups in total. The van der Waals surface area contributed by atoms with Gasteiger partial charge in [-0.15, -0.1) is 0 Å². The van der Waals surface area contributed by atoms with Crippen molar-refractivity contribution in [1.29, 1.82) is 0 Å². The fourth-order valence-electron chi connectivity index (χ4n) is 2.75. The molecule has 1 unspecified atom stereocenters. The Hall–Kier alpha value is -0.530. The summed E-state index contributed by atoms with van der Waals surface area (Å²) in [6.07, 6.45) is 3.75. The number of aromatic nitrogens is 1. The van der Waals surface area contributed by atoms with E-state index in [9.17, 15) is 0 Å². The van der Waals surface area contributed by atoms with Crippen molar-refractivity contribution in [1.82, 2.24) is 19.7 Å². The van der Waals surface area contributed by atoms with Gasteiger partial charge in [-0.25, -0.2) is 0 Å². The molecule has 1 aromatic heterocycles. The summed E-state index contributed by atoms with van der Waals surface area (Å²) in [4.78, 5) is 11.5. The second-order valence-electron chi connectivity index (χ2n) is 5.87. The zero-order valence-corrected chi connectivity index (χ0v) is 14.6. The highest BCUT2D eigenvalue weighted by Crippen LogP contribution is 2.23. The summed E-state index contributed by atoms with van der Waals surface area (Å²) >= 11 is 3.49. The third-order valence-electron chi connectivity index (χ3n) is 4.05. The van der Waals surface area contributed by atoms with Gasteiger partial charge < -0.3 is 10.6 Å². The minimum atomic E-state index is 0.269. The molecule has 1 atom stereocenters. The molecule has 0 aromatic carbocycles. The molecule has 0 spiro atoms. The first-order valence-electron chi connectivity index (χ1n) is 7.52. The average molecular weight is 356 g/mol. The van der Waals surface area contributed by atoms with Gasteiger partial charge in [-0.2, -0.15) is 0 Å². The van der Waals surface area contributed by atoms with E-state index in [2.05, 4.69) is 55.8 Å². The number of piperazine rings is 1. The first kappa shape index (κ1) is 16.8. The maximum absolute atomic E-state index is 6.01. The van der Waals surface area contributed by atoms with E-state index >= 15 is 0 Å². The topological polar surface area (TPSA) is 48.6 Å². The van der Waals surface area contributed by atoms with Crippen molar-refractivity contribution < 1.29 is 0 Å². The zero-order chi connectivity index (χ0) is 15.2.